The lowest BCUT2D eigenvalue weighted by atomic mass is 10.2. The molecule has 0 bridgehead atoms. The van der Waals surface area contributed by atoms with E-state index in [1.165, 1.54) is 18.7 Å². The molecule has 1 N–H and O–H groups in total. The van der Waals surface area contributed by atoms with Crippen LogP contribution in [0.15, 0.2) is 65.5 Å². The van der Waals surface area contributed by atoms with E-state index in [1.54, 1.807) is 0 Å². The van der Waals surface area contributed by atoms with E-state index in [-0.39, 0.29) is 11.7 Å². The molecule has 3 rings (SSSR count). The quantitative estimate of drug-likeness (QED) is 0.580. The average molecular weight is 409 g/mol. The second-order valence-corrected chi connectivity index (χ2v) is 6.53. The zero-order valence-electron chi connectivity index (χ0n) is 16.8. The van der Waals surface area contributed by atoms with Gasteiger partial charge in [0, 0.05) is 13.6 Å². The van der Waals surface area contributed by atoms with Gasteiger partial charge in [-0.25, -0.2) is 9.78 Å². The Morgan fingerprint density at radius 3 is 2.33 bits per heavy atom. The number of hydrogen-bond acceptors (Lipinski definition) is 6. The first-order valence-electron chi connectivity index (χ1n) is 9.36. The Hall–Kier alpha value is -3.81. The van der Waals surface area contributed by atoms with Crippen LogP contribution in [0.5, 0.6) is 11.5 Å². The lowest BCUT2D eigenvalue weighted by molar-refractivity contribution is 0.0685. The molecule has 0 saturated heterocycles. The van der Waals surface area contributed by atoms with E-state index < -0.39 is 17.2 Å². The number of anilines is 1. The van der Waals surface area contributed by atoms with Crippen molar-refractivity contribution in [2.75, 3.05) is 25.2 Å². The van der Waals surface area contributed by atoms with Gasteiger partial charge in [-0.05, 0) is 17.7 Å². The topological polar surface area (TPSA) is 93.9 Å². The zero-order valence-corrected chi connectivity index (χ0v) is 16.8. The van der Waals surface area contributed by atoms with E-state index in [4.69, 9.17) is 9.47 Å². The Balaban J connectivity index is 1.94. The van der Waals surface area contributed by atoms with Crippen LogP contribution in [0.2, 0.25) is 0 Å². The van der Waals surface area contributed by atoms with Crippen LogP contribution in [0.1, 0.15) is 16.1 Å². The Morgan fingerprint density at radius 2 is 1.73 bits per heavy atom. The van der Waals surface area contributed by atoms with Gasteiger partial charge in [0.1, 0.15) is 12.4 Å². The fourth-order valence-electron chi connectivity index (χ4n) is 3.03. The second kappa shape index (κ2) is 9.60. The molecule has 0 spiro atoms. The summed E-state index contributed by atoms with van der Waals surface area (Å²) in [7, 11) is 2.79. The summed E-state index contributed by atoms with van der Waals surface area (Å²) in [6.07, 6.45) is 0. The Morgan fingerprint density at radius 1 is 1.10 bits per heavy atom. The molecule has 0 unspecified atom stereocenters. The summed E-state index contributed by atoms with van der Waals surface area (Å²) in [6.45, 7) is 1.13. The van der Waals surface area contributed by atoms with E-state index in [0.29, 0.717) is 19.7 Å². The maximum atomic E-state index is 12.7. The largest absolute Gasteiger partial charge is 0.492 e. The van der Waals surface area contributed by atoms with E-state index in [9.17, 15) is 14.7 Å². The van der Waals surface area contributed by atoms with Gasteiger partial charge in [0.05, 0.1) is 13.7 Å². The predicted octanol–water partition coefficient (Wildman–Crippen LogP) is 2.57. The molecule has 0 aliphatic heterocycles. The summed E-state index contributed by atoms with van der Waals surface area (Å²) < 4.78 is 12.1. The van der Waals surface area contributed by atoms with Gasteiger partial charge in [-0.2, -0.15) is 0 Å². The van der Waals surface area contributed by atoms with Crippen molar-refractivity contribution in [1.29, 1.82) is 0 Å². The van der Waals surface area contributed by atoms with Gasteiger partial charge in [0.25, 0.3) is 5.56 Å². The second-order valence-electron chi connectivity index (χ2n) is 6.53. The van der Waals surface area contributed by atoms with Crippen LogP contribution < -0.4 is 19.9 Å². The summed E-state index contributed by atoms with van der Waals surface area (Å²) in [5, 5.41) is 9.50. The maximum absolute atomic E-state index is 12.7. The molecule has 156 valence electrons. The third-order valence-electron chi connectivity index (χ3n) is 4.50. The third-order valence-corrected chi connectivity index (χ3v) is 4.50. The molecule has 0 atom stereocenters. The lowest BCUT2D eigenvalue weighted by Crippen LogP contribution is -2.35. The number of ether oxygens (including phenoxy) is 2. The molecule has 30 heavy (non-hydrogen) atoms. The van der Waals surface area contributed by atoms with E-state index in [2.05, 4.69) is 4.98 Å². The van der Waals surface area contributed by atoms with Crippen LogP contribution in [-0.2, 0) is 13.6 Å². The van der Waals surface area contributed by atoms with Crippen LogP contribution in [-0.4, -0.2) is 40.9 Å². The summed E-state index contributed by atoms with van der Waals surface area (Å²) in [6, 6.07) is 19.0. The standard InChI is InChI=1S/C22H23N3O5/c1-24-20(26)19(29-2)18(21(27)28)23-22(24)25(15-16-9-5-3-6-10-16)13-14-30-17-11-7-4-8-12-17/h3-12H,13-15H2,1-2H3,(H,27,28). The Labute approximate surface area is 173 Å². The predicted molar refractivity (Wildman–Crippen MR) is 112 cm³/mol. The fraction of sp³-hybridized carbons (Fsp3) is 0.227. The first-order chi connectivity index (χ1) is 14.5. The van der Waals surface area contributed by atoms with Gasteiger partial charge in [0.2, 0.25) is 11.7 Å². The Bertz CT molecular complexity index is 1050. The minimum absolute atomic E-state index is 0.221. The van der Waals surface area contributed by atoms with Crippen LogP contribution >= 0.6 is 0 Å². The highest BCUT2D eigenvalue weighted by Gasteiger charge is 2.23. The van der Waals surface area contributed by atoms with Crippen molar-refractivity contribution < 1.29 is 19.4 Å². The van der Waals surface area contributed by atoms with Crippen molar-refractivity contribution in [3.8, 4) is 11.5 Å². The van der Waals surface area contributed by atoms with Gasteiger partial charge in [-0.3, -0.25) is 9.36 Å². The SMILES string of the molecule is COc1c(C(=O)O)nc(N(CCOc2ccccc2)Cc2ccccc2)n(C)c1=O. The van der Waals surface area contributed by atoms with Gasteiger partial charge < -0.3 is 19.5 Å². The minimum Gasteiger partial charge on any atom is -0.492 e. The molecule has 2 aromatic carbocycles. The molecule has 8 nitrogen and oxygen atoms in total. The highest BCUT2D eigenvalue weighted by molar-refractivity contribution is 5.88. The number of hydrogen-bond donors (Lipinski definition) is 1. The number of benzene rings is 2. The number of nitrogens with zero attached hydrogens (tertiary/aromatic N) is 3. The molecule has 0 radical (unpaired) electrons. The lowest BCUT2D eigenvalue weighted by Gasteiger charge is -2.26. The van der Waals surface area contributed by atoms with E-state index >= 15 is 0 Å². The van der Waals surface area contributed by atoms with Crippen molar-refractivity contribution in [3.63, 3.8) is 0 Å². The molecule has 0 aliphatic rings. The van der Waals surface area contributed by atoms with Gasteiger partial charge >= 0.3 is 5.97 Å². The normalized spacial score (nSPS) is 10.5. The number of rotatable bonds is 9. The first-order valence-corrected chi connectivity index (χ1v) is 9.36. The molecule has 0 amide bonds. The molecule has 3 aromatic rings. The first kappa shape index (κ1) is 20.9. The van der Waals surface area contributed by atoms with Crippen molar-refractivity contribution in [1.82, 2.24) is 9.55 Å². The average Bonchev–Trinajstić information content (AvgIpc) is 2.76. The number of carboxylic acid groups (broad SMARTS) is 1. The minimum atomic E-state index is -1.33. The number of para-hydroxylation sites is 1. The fourth-order valence-corrected chi connectivity index (χ4v) is 3.03. The van der Waals surface area contributed by atoms with Crippen LogP contribution in [0.3, 0.4) is 0 Å². The molecule has 8 heteroatoms. The van der Waals surface area contributed by atoms with Crippen LogP contribution in [0, 0.1) is 0 Å². The molecule has 1 aromatic heterocycles. The zero-order chi connectivity index (χ0) is 21.5. The summed E-state index contributed by atoms with van der Waals surface area (Å²) in [5.74, 6) is -0.682. The monoisotopic (exact) mass is 409 g/mol. The molecular weight excluding hydrogens is 386 g/mol. The van der Waals surface area contributed by atoms with Crippen LogP contribution in [0.4, 0.5) is 5.95 Å². The molecule has 0 fully saturated rings. The number of carboxylic acids is 1. The van der Waals surface area contributed by atoms with Gasteiger partial charge in [0.15, 0.2) is 5.69 Å². The number of aromatic nitrogens is 2. The van der Waals surface area contributed by atoms with E-state index in [0.717, 1.165) is 11.3 Å². The molecular formula is C22H23N3O5. The Kier molecular flexibility index (Phi) is 6.69. The van der Waals surface area contributed by atoms with Crippen molar-refractivity contribution in [3.05, 3.63) is 82.3 Å². The summed E-state index contributed by atoms with van der Waals surface area (Å²) in [5.41, 5.74) is -0.00117. The summed E-state index contributed by atoms with van der Waals surface area (Å²) in [4.78, 5) is 30.4. The molecule has 0 aliphatic carbocycles. The van der Waals surface area contributed by atoms with E-state index in [1.807, 2.05) is 65.6 Å². The van der Waals surface area contributed by atoms with Gasteiger partial charge in [-0.1, -0.05) is 48.5 Å². The highest BCUT2D eigenvalue weighted by Crippen LogP contribution is 2.19. The molecule has 1 heterocycles. The highest BCUT2D eigenvalue weighted by atomic mass is 16.5. The van der Waals surface area contributed by atoms with Gasteiger partial charge in [-0.15, -0.1) is 0 Å². The third kappa shape index (κ3) is 4.78. The smallest absolute Gasteiger partial charge is 0.358 e. The van der Waals surface area contributed by atoms with Crippen molar-refractivity contribution >= 4 is 11.9 Å². The van der Waals surface area contributed by atoms with Crippen molar-refractivity contribution in [2.45, 2.75) is 6.54 Å². The summed E-state index contributed by atoms with van der Waals surface area (Å²) >= 11 is 0. The number of carbonyl (C=O) groups is 1. The van der Waals surface area contributed by atoms with Crippen molar-refractivity contribution in [2.24, 2.45) is 7.05 Å². The molecule has 0 saturated carbocycles. The maximum Gasteiger partial charge on any atom is 0.358 e. The van der Waals surface area contributed by atoms with Crippen LogP contribution in [0.25, 0.3) is 0 Å². The number of aromatic carboxylic acids is 1. The number of methoxy groups -OCH3 is 1.